The van der Waals surface area contributed by atoms with Crippen LogP contribution in [0, 0.1) is 0 Å². The molecule has 3 unspecified atom stereocenters. The average molecular weight is 331 g/mol. The first-order valence-electron chi connectivity index (χ1n) is 9.19. The molecule has 3 aromatic carbocycles. The molecule has 1 aliphatic carbocycles. The van der Waals surface area contributed by atoms with E-state index in [4.69, 9.17) is 0 Å². The van der Waals surface area contributed by atoms with Crippen LogP contribution in [0.4, 0.5) is 5.69 Å². The predicted octanol–water partition coefficient (Wildman–Crippen LogP) is 5.43. The number of hydrogen-bond donors (Lipinski definition) is 2. The average Bonchev–Trinajstić information content (AvgIpc) is 2.85. The lowest BCUT2D eigenvalue weighted by atomic mass is 9.79. The van der Waals surface area contributed by atoms with Crippen LogP contribution in [0.15, 0.2) is 66.7 Å². The van der Waals surface area contributed by atoms with Gasteiger partial charge in [0.2, 0.25) is 0 Å². The van der Waals surface area contributed by atoms with Crippen molar-refractivity contribution >= 4 is 16.5 Å². The van der Waals surface area contributed by atoms with E-state index in [1.165, 1.54) is 16.3 Å². The summed E-state index contributed by atoms with van der Waals surface area (Å²) in [7, 11) is 0. The highest BCUT2D eigenvalue weighted by atomic mass is 16.3. The van der Waals surface area contributed by atoms with Crippen molar-refractivity contribution in [1.29, 1.82) is 0 Å². The predicted molar refractivity (Wildman–Crippen MR) is 105 cm³/mol. The van der Waals surface area contributed by atoms with Crippen molar-refractivity contribution in [3.63, 3.8) is 0 Å². The van der Waals surface area contributed by atoms with Gasteiger partial charge in [-0.3, -0.25) is 0 Å². The fourth-order valence-corrected chi connectivity index (χ4v) is 4.51. The zero-order chi connectivity index (χ0) is 17.4. The Balaban J connectivity index is 1.81. The number of benzene rings is 3. The first-order valence-corrected chi connectivity index (χ1v) is 9.19. The summed E-state index contributed by atoms with van der Waals surface area (Å²) in [4.78, 5) is 0. The summed E-state index contributed by atoms with van der Waals surface area (Å²) in [6, 6.07) is 23.2. The normalized spacial score (nSPS) is 22.9. The maximum absolute atomic E-state index is 11.5. The van der Waals surface area contributed by atoms with E-state index < -0.39 is 5.60 Å². The van der Waals surface area contributed by atoms with Gasteiger partial charge in [0.15, 0.2) is 0 Å². The van der Waals surface area contributed by atoms with Crippen molar-refractivity contribution in [3.8, 4) is 0 Å². The molecule has 0 heterocycles. The first kappa shape index (κ1) is 16.2. The smallest absolute Gasteiger partial charge is 0.0962 e. The van der Waals surface area contributed by atoms with Gasteiger partial charge in [0.05, 0.1) is 5.60 Å². The van der Waals surface area contributed by atoms with Gasteiger partial charge in [-0.1, -0.05) is 67.9 Å². The molecular formula is C23H25NO. The minimum absolute atomic E-state index is 0.0359. The van der Waals surface area contributed by atoms with Crippen molar-refractivity contribution in [2.75, 3.05) is 5.32 Å². The third-order valence-corrected chi connectivity index (χ3v) is 5.55. The maximum atomic E-state index is 11.5. The Hall–Kier alpha value is -2.32. The molecule has 0 fully saturated rings. The molecule has 1 aliphatic rings. The van der Waals surface area contributed by atoms with E-state index in [2.05, 4.69) is 60.8 Å². The van der Waals surface area contributed by atoms with Gasteiger partial charge < -0.3 is 10.4 Å². The summed E-state index contributed by atoms with van der Waals surface area (Å²) < 4.78 is 0. The molecular weight excluding hydrogens is 306 g/mol. The molecule has 3 atom stereocenters. The molecule has 0 aliphatic heterocycles. The standard InChI is InChI=1S/C23H25NO/c1-3-9-20(24-17-12-5-4-6-13-17)22-18-14-7-10-16-11-8-15-19(21(16)18)23(22,2)25/h4-8,10-15,20,22,24-25H,3,9H2,1-2H3. The fourth-order valence-electron chi connectivity index (χ4n) is 4.51. The summed E-state index contributed by atoms with van der Waals surface area (Å²) in [6.07, 6.45) is 2.09. The lowest BCUT2D eigenvalue weighted by Gasteiger charge is -2.35. The molecule has 128 valence electrons. The van der Waals surface area contributed by atoms with Crippen LogP contribution in [0.5, 0.6) is 0 Å². The number of para-hydroxylation sites is 1. The molecule has 4 rings (SSSR count). The van der Waals surface area contributed by atoms with E-state index in [0.717, 1.165) is 24.1 Å². The Morgan fingerprint density at radius 3 is 2.44 bits per heavy atom. The molecule has 25 heavy (non-hydrogen) atoms. The molecule has 0 radical (unpaired) electrons. The van der Waals surface area contributed by atoms with Gasteiger partial charge in [-0.15, -0.1) is 0 Å². The summed E-state index contributed by atoms with van der Waals surface area (Å²) >= 11 is 0. The summed E-state index contributed by atoms with van der Waals surface area (Å²) in [6.45, 7) is 4.18. The van der Waals surface area contributed by atoms with E-state index in [1.807, 2.05) is 25.1 Å². The monoisotopic (exact) mass is 331 g/mol. The molecule has 0 saturated carbocycles. The minimum atomic E-state index is -0.870. The van der Waals surface area contributed by atoms with Gasteiger partial charge in [0.1, 0.15) is 0 Å². The fraction of sp³-hybridized carbons (Fsp3) is 0.304. The quantitative estimate of drug-likeness (QED) is 0.654. The summed E-state index contributed by atoms with van der Waals surface area (Å²) in [5.74, 6) is 0.0359. The van der Waals surface area contributed by atoms with Crippen molar-refractivity contribution in [2.24, 2.45) is 0 Å². The zero-order valence-electron chi connectivity index (χ0n) is 14.9. The van der Waals surface area contributed by atoms with E-state index in [0.29, 0.717) is 0 Å². The van der Waals surface area contributed by atoms with Crippen molar-refractivity contribution in [2.45, 2.75) is 44.2 Å². The molecule has 0 spiro atoms. The van der Waals surface area contributed by atoms with Crippen LogP contribution in [-0.4, -0.2) is 11.1 Å². The number of nitrogens with one attached hydrogen (secondary N) is 1. The van der Waals surface area contributed by atoms with Crippen LogP contribution in [0.3, 0.4) is 0 Å². The first-order chi connectivity index (χ1) is 12.1. The Kier molecular flexibility index (Phi) is 4.01. The van der Waals surface area contributed by atoms with Gasteiger partial charge in [0.25, 0.3) is 0 Å². The highest BCUT2D eigenvalue weighted by Gasteiger charge is 2.46. The minimum Gasteiger partial charge on any atom is -0.385 e. The van der Waals surface area contributed by atoms with Gasteiger partial charge in [0, 0.05) is 17.6 Å². The largest absolute Gasteiger partial charge is 0.385 e. The maximum Gasteiger partial charge on any atom is 0.0962 e. The Morgan fingerprint density at radius 1 is 1.00 bits per heavy atom. The zero-order valence-corrected chi connectivity index (χ0v) is 14.9. The summed E-state index contributed by atoms with van der Waals surface area (Å²) in [5, 5.41) is 17.7. The van der Waals surface area contributed by atoms with E-state index in [9.17, 15) is 5.11 Å². The molecule has 0 amide bonds. The van der Waals surface area contributed by atoms with Crippen LogP contribution in [-0.2, 0) is 5.60 Å². The second-order valence-corrected chi connectivity index (χ2v) is 7.28. The van der Waals surface area contributed by atoms with Crippen LogP contribution in [0.2, 0.25) is 0 Å². The van der Waals surface area contributed by atoms with Gasteiger partial charge >= 0.3 is 0 Å². The molecule has 0 aromatic heterocycles. The number of hydrogen-bond acceptors (Lipinski definition) is 2. The van der Waals surface area contributed by atoms with E-state index in [-0.39, 0.29) is 12.0 Å². The Morgan fingerprint density at radius 2 is 1.72 bits per heavy atom. The Labute approximate surface area is 149 Å². The summed E-state index contributed by atoms with van der Waals surface area (Å²) in [5.41, 5.74) is 2.56. The molecule has 2 N–H and O–H groups in total. The second-order valence-electron chi connectivity index (χ2n) is 7.28. The molecule has 0 saturated heterocycles. The lowest BCUT2D eigenvalue weighted by Crippen LogP contribution is -2.38. The second kappa shape index (κ2) is 6.20. The van der Waals surface area contributed by atoms with Crippen molar-refractivity contribution < 1.29 is 5.11 Å². The molecule has 3 aromatic rings. The SMILES string of the molecule is CCCC(Nc1ccccc1)C1c2cccc3cccc(c23)C1(C)O. The highest BCUT2D eigenvalue weighted by Crippen LogP contribution is 2.51. The number of aliphatic hydroxyl groups is 1. The van der Waals surface area contributed by atoms with Crippen LogP contribution in [0.1, 0.15) is 43.7 Å². The number of anilines is 1. The highest BCUT2D eigenvalue weighted by molar-refractivity contribution is 5.93. The Bertz CT molecular complexity index is 880. The van der Waals surface area contributed by atoms with Crippen LogP contribution >= 0.6 is 0 Å². The van der Waals surface area contributed by atoms with Crippen LogP contribution < -0.4 is 5.32 Å². The number of rotatable bonds is 5. The third kappa shape index (κ3) is 2.61. The molecule has 0 bridgehead atoms. The van der Waals surface area contributed by atoms with E-state index >= 15 is 0 Å². The van der Waals surface area contributed by atoms with Crippen molar-refractivity contribution in [1.82, 2.24) is 0 Å². The topological polar surface area (TPSA) is 32.3 Å². The molecule has 2 nitrogen and oxygen atoms in total. The third-order valence-electron chi connectivity index (χ3n) is 5.55. The van der Waals surface area contributed by atoms with Crippen LogP contribution in [0.25, 0.3) is 10.8 Å². The van der Waals surface area contributed by atoms with E-state index in [1.54, 1.807) is 0 Å². The lowest BCUT2D eigenvalue weighted by molar-refractivity contribution is 0.0264. The van der Waals surface area contributed by atoms with Crippen molar-refractivity contribution in [3.05, 3.63) is 77.9 Å². The van der Waals surface area contributed by atoms with Gasteiger partial charge in [-0.05, 0) is 47.4 Å². The molecule has 2 heteroatoms. The van der Waals surface area contributed by atoms with Gasteiger partial charge in [-0.2, -0.15) is 0 Å². The van der Waals surface area contributed by atoms with Gasteiger partial charge in [-0.25, -0.2) is 0 Å².